The number of piperidine rings is 1. The number of nitriles is 1. The van der Waals surface area contributed by atoms with Gasteiger partial charge in [0.05, 0.1) is 30.9 Å². The highest BCUT2D eigenvalue weighted by Crippen LogP contribution is 2.37. The normalized spacial score (nSPS) is 17.7. The van der Waals surface area contributed by atoms with Gasteiger partial charge in [0.2, 0.25) is 0 Å². The number of halogens is 1. The van der Waals surface area contributed by atoms with Crippen molar-refractivity contribution in [1.82, 2.24) is 10.2 Å². The summed E-state index contributed by atoms with van der Waals surface area (Å²) in [6.07, 6.45) is 0.376. The molecule has 3 amide bonds. The van der Waals surface area contributed by atoms with Crippen LogP contribution in [0.4, 0.5) is 14.9 Å². The van der Waals surface area contributed by atoms with Crippen LogP contribution in [-0.2, 0) is 10.4 Å². The minimum absolute atomic E-state index is 0.00513. The number of nitrogens with one attached hydrogen (secondary N) is 2. The molecule has 2 heterocycles. The lowest BCUT2D eigenvalue weighted by molar-refractivity contribution is 0.000734. The van der Waals surface area contributed by atoms with Crippen molar-refractivity contribution in [2.24, 2.45) is 0 Å². The van der Waals surface area contributed by atoms with Crippen LogP contribution in [0, 0.1) is 18.3 Å². The lowest BCUT2D eigenvalue weighted by Crippen LogP contribution is -2.50. The first-order valence-electron chi connectivity index (χ1n) is 10.6. The lowest BCUT2D eigenvalue weighted by Gasteiger charge is -2.37. The minimum atomic E-state index is -1.52. The molecule has 0 atom stereocenters. The van der Waals surface area contributed by atoms with Crippen molar-refractivity contribution in [1.29, 1.82) is 5.26 Å². The molecule has 2 aliphatic heterocycles. The molecule has 2 fully saturated rings. The Balaban J connectivity index is 1.40. The van der Waals surface area contributed by atoms with Gasteiger partial charge in [0.1, 0.15) is 5.67 Å². The van der Waals surface area contributed by atoms with Crippen molar-refractivity contribution in [2.45, 2.75) is 31.5 Å². The van der Waals surface area contributed by atoms with E-state index in [1.165, 1.54) is 0 Å². The van der Waals surface area contributed by atoms with Crippen molar-refractivity contribution in [2.75, 3.05) is 31.6 Å². The van der Waals surface area contributed by atoms with E-state index in [0.717, 1.165) is 5.56 Å². The second kappa shape index (κ2) is 8.97. The van der Waals surface area contributed by atoms with Crippen molar-refractivity contribution >= 4 is 17.6 Å². The Bertz CT molecular complexity index is 1050. The molecule has 2 N–H and O–H groups in total. The van der Waals surface area contributed by atoms with Crippen LogP contribution in [0.25, 0.3) is 0 Å². The Labute approximate surface area is 186 Å². The van der Waals surface area contributed by atoms with Gasteiger partial charge in [-0.05, 0) is 42.3 Å². The van der Waals surface area contributed by atoms with Gasteiger partial charge in [0.15, 0.2) is 0 Å². The summed E-state index contributed by atoms with van der Waals surface area (Å²) in [5.41, 5.74) is 1.35. The molecule has 2 aromatic rings. The largest absolute Gasteiger partial charge is 0.377 e. The maximum atomic E-state index is 15.5. The van der Waals surface area contributed by atoms with Gasteiger partial charge in [-0.3, -0.25) is 4.79 Å². The summed E-state index contributed by atoms with van der Waals surface area (Å²) in [6, 6.07) is 13.4. The summed E-state index contributed by atoms with van der Waals surface area (Å²) in [6.45, 7) is 3.42. The zero-order valence-corrected chi connectivity index (χ0v) is 17.9. The van der Waals surface area contributed by atoms with Crippen LogP contribution < -0.4 is 10.6 Å². The fraction of sp³-hybridized carbons (Fsp3) is 0.375. The molecule has 7 nitrogen and oxygen atoms in total. The highest BCUT2D eigenvalue weighted by molar-refractivity contribution is 5.97. The number of hydrogen-bond donors (Lipinski definition) is 2. The third-order valence-electron chi connectivity index (χ3n) is 6.08. The molecule has 0 aromatic heterocycles. The number of alkyl halides is 1. The van der Waals surface area contributed by atoms with Crippen molar-refractivity contribution in [3.05, 3.63) is 64.7 Å². The van der Waals surface area contributed by atoms with Crippen LogP contribution in [-0.4, -0.2) is 49.2 Å². The van der Waals surface area contributed by atoms with E-state index in [2.05, 4.69) is 10.6 Å². The summed E-state index contributed by atoms with van der Waals surface area (Å²) in [5, 5.41) is 14.5. The van der Waals surface area contributed by atoms with Gasteiger partial charge < -0.3 is 20.3 Å². The predicted molar refractivity (Wildman–Crippen MR) is 117 cm³/mol. The predicted octanol–water partition coefficient (Wildman–Crippen LogP) is 3.49. The number of likely N-dealkylation sites (tertiary alicyclic amines) is 1. The molecule has 0 bridgehead atoms. The molecule has 0 saturated carbocycles. The van der Waals surface area contributed by atoms with E-state index in [1.807, 2.05) is 13.0 Å². The van der Waals surface area contributed by atoms with Crippen LogP contribution in [0.2, 0.25) is 0 Å². The maximum absolute atomic E-state index is 15.5. The molecule has 2 saturated heterocycles. The van der Waals surface area contributed by atoms with Crippen LogP contribution >= 0.6 is 0 Å². The van der Waals surface area contributed by atoms with Gasteiger partial charge in [-0.15, -0.1) is 0 Å². The van der Waals surface area contributed by atoms with Gasteiger partial charge >= 0.3 is 6.03 Å². The van der Waals surface area contributed by atoms with Gasteiger partial charge in [-0.1, -0.05) is 18.2 Å². The number of ether oxygens (including phenoxy) is 1. The number of urea groups is 1. The van der Waals surface area contributed by atoms with E-state index in [0.29, 0.717) is 35.6 Å². The molecule has 0 unspecified atom stereocenters. The molecule has 0 radical (unpaired) electrons. The highest BCUT2D eigenvalue weighted by Gasteiger charge is 2.37. The fourth-order valence-corrected chi connectivity index (χ4v) is 3.93. The second-order valence-electron chi connectivity index (χ2n) is 8.31. The lowest BCUT2D eigenvalue weighted by atomic mass is 9.85. The van der Waals surface area contributed by atoms with Crippen LogP contribution in [0.3, 0.4) is 0 Å². The number of hydrogen-bond acceptors (Lipinski definition) is 4. The molecular weight excluding hydrogens is 411 g/mol. The maximum Gasteiger partial charge on any atom is 0.319 e. The molecule has 0 aliphatic carbocycles. The Hall–Kier alpha value is -3.44. The average molecular weight is 436 g/mol. The quantitative estimate of drug-likeness (QED) is 0.767. The number of nitrogens with zero attached hydrogens (tertiary/aromatic N) is 2. The van der Waals surface area contributed by atoms with Crippen molar-refractivity contribution in [3.63, 3.8) is 0 Å². The number of anilines is 1. The Kier molecular flexibility index (Phi) is 6.10. The number of benzene rings is 2. The first-order valence-corrected chi connectivity index (χ1v) is 10.6. The van der Waals surface area contributed by atoms with Crippen molar-refractivity contribution < 1.29 is 18.7 Å². The minimum Gasteiger partial charge on any atom is -0.377 e. The third kappa shape index (κ3) is 4.58. The molecule has 2 aliphatic rings. The van der Waals surface area contributed by atoms with E-state index in [-0.39, 0.29) is 43.9 Å². The van der Waals surface area contributed by atoms with E-state index < -0.39 is 5.67 Å². The Morgan fingerprint density at radius 1 is 1.16 bits per heavy atom. The summed E-state index contributed by atoms with van der Waals surface area (Å²) in [7, 11) is 0. The highest BCUT2D eigenvalue weighted by atomic mass is 19.1. The monoisotopic (exact) mass is 436 g/mol. The van der Waals surface area contributed by atoms with Gasteiger partial charge in [-0.25, -0.2) is 9.18 Å². The topological polar surface area (TPSA) is 94.5 Å². The fourth-order valence-electron chi connectivity index (χ4n) is 3.93. The Morgan fingerprint density at radius 3 is 2.44 bits per heavy atom. The zero-order chi connectivity index (χ0) is 22.7. The molecule has 4 rings (SSSR count). The SMILES string of the molecule is Cc1ccc(C(=O)N2CCC(F)(c3ccc(C#N)cc3)CC2)cc1NC(=O)NC1COC1. The number of aryl methyl sites for hydroxylation is 1. The smallest absolute Gasteiger partial charge is 0.319 e. The molecule has 0 spiro atoms. The zero-order valence-electron chi connectivity index (χ0n) is 17.9. The van der Waals surface area contributed by atoms with Gasteiger partial charge in [-0.2, -0.15) is 5.26 Å². The molecule has 32 heavy (non-hydrogen) atoms. The van der Waals surface area contributed by atoms with Crippen LogP contribution in [0.15, 0.2) is 42.5 Å². The summed E-state index contributed by atoms with van der Waals surface area (Å²) in [4.78, 5) is 26.8. The van der Waals surface area contributed by atoms with Gasteiger partial charge in [0.25, 0.3) is 5.91 Å². The molecule has 166 valence electrons. The van der Waals surface area contributed by atoms with E-state index >= 15 is 4.39 Å². The Morgan fingerprint density at radius 2 is 1.84 bits per heavy atom. The summed E-state index contributed by atoms with van der Waals surface area (Å²) >= 11 is 0. The first-order chi connectivity index (χ1) is 15.4. The van der Waals surface area contributed by atoms with E-state index in [4.69, 9.17) is 10.00 Å². The first kappa shape index (κ1) is 21.8. The van der Waals surface area contributed by atoms with Gasteiger partial charge in [0, 0.05) is 37.2 Å². The number of amides is 3. The second-order valence-corrected chi connectivity index (χ2v) is 8.31. The molecular formula is C24H25FN4O3. The number of rotatable bonds is 4. The van der Waals surface area contributed by atoms with E-state index in [1.54, 1.807) is 47.4 Å². The number of carbonyl (C=O) groups is 2. The molecule has 8 heteroatoms. The standard InChI is InChI=1S/C24H25FN4O3/c1-16-2-5-18(12-21(16)28-23(31)27-20-14-32-15-20)22(30)29-10-8-24(25,9-11-29)19-6-3-17(13-26)4-7-19/h2-7,12,20H,8-11,14-15H2,1H3,(H2,27,28,31). The average Bonchev–Trinajstić information content (AvgIpc) is 2.78. The third-order valence-corrected chi connectivity index (χ3v) is 6.08. The summed E-state index contributed by atoms with van der Waals surface area (Å²) in [5.74, 6) is -0.192. The summed E-state index contributed by atoms with van der Waals surface area (Å²) < 4.78 is 20.5. The van der Waals surface area contributed by atoms with Crippen LogP contribution in [0.5, 0.6) is 0 Å². The van der Waals surface area contributed by atoms with E-state index in [9.17, 15) is 9.59 Å². The number of carbonyl (C=O) groups excluding carboxylic acids is 2. The van der Waals surface area contributed by atoms with Crippen molar-refractivity contribution in [3.8, 4) is 6.07 Å². The molecule has 2 aromatic carbocycles. The van der Waals surface area contributed by atoms with Crippen LogP contribution in [0.1, 0.15) is 39.9 Å².